The Bertz CT molecular complexity index is 433. The van der Waals surface area contributed by atoms with Crippen LogP contribution in [-0.4, -0.2) is 18.6 Å². The maximum Gasteiger partial charge on any atom is 0.223 e. The fourth-order valence-corrected chi connectivity index (χ4v) is 1.90. The summed E-state index contributed by atoms with van der Waals surface area (Å²) >= 11 is 6.04. The number of halogens is 1. The first-order chi connectivity index (χ1) is 8.70. The zero-order valence-corrected chi connectivity index (χ0v) is 10.9. The maximum atomic E-state index is 11.5. The van der Waals surface area contributed by atoms with Gasteiger partial charge in [0, 0.05) is 18.2 Å². The van der Waals surface area contributed by atoms with E-state index in [1.165, 1.54) is 0 Å². The van der Waals surface area contributed by atoms with Gasteiger partial charge in [-0.1, -0.05) is 23.7 Å². The largest absolute Gasteiger partial charge is 0.491 e. The molecule has 3 N–H and O–H groups in total. The van der Waals surface area contributed by atoms with Gasteiger partial charge in [0.15, 0.2) is 0 Å². The van der Waals surface area contributed by atoms with Crippen molar-refractivity contribution in [3.63, 3.8) is 0 Å². The number of carbonyl (C=O) groups excluding carboxylic acids is 1. The van der Waals surface area contributed by atoms with Gasteiger partial charge in [0.2, 0.25) is 5.91 Å². The Balaban J connectivity index is 1.83. The summed E-state index contributed by atoms with van der Waals surface area (Å²) in [4.78, 5) is 11.5. The molecule has 18 heavy (non-hydrogen) atoms. The molecule has 98 valence electrons. The van der Waals surface area contributed by atoms with Gasteiger partial charge in [0.1, 0.15) is 5.75 Å². The molecule has 1 aliphatic rings. The smallest absolute Gasteiger partial charge is 0.223 e. The van der Waals surface area contributed by atoms with E-state index in [4.69, 9.17) is 22.1 Å². The first-order valence-corrected chi connectivity index (χ1v) is 6.48. The summed E-state index contributed by atoms with van der Waals surface area (Å²) in [5.74, 6) is 0.611. The van der Waals surface area contributed by atoms with Crippen molar-refractivity contribution < 1.29 is 9.53 Å². The molecule has 1 aromatic rings. The third-order valence-corrected chi connectivity index (χ3v) is 3.08. The van der Waals surface area contributed by atoms with Crippen LogP contribution in [0.2, 0.25) is 5.02 Å². The molecule has 0 unspecified atom stereocenters. The highest BCUT2D eigenvalue weighted by molar-refractivity contribution is 6.32. The average molecular weight is 269 g/mol. The van der Waals surface area contributed by atoms with E-state index >= 15 is 0 Å². The summed E-state index contributed by atoms with van der Waals surface area (Å²) in [7, 11) is 0. The molecule has 0 aromatic heterocycles. The van der Waals surface area contributed by atoms with Crippen LogP contribution in [0.25, 0.3) is 0 Å². The molecular weight excluding hydrogens is 252 g/mol. The molecule has 0 atom stereocenters. The quantitative estimate of drug-likeness (QED) is 0.828. The molecule has 2 rings (SSSR count). The molecule has 0 spiro atoms. The predicted molar refractivity (Wildman–Crippen MR) is 70.6 cm³/mol. The van der Waals surface area contributed by atoms with Crippen molar-refractivity contribution in [2.75, 3.05) is 6.61 Å². The zero-order chi connectivity index (χ0) is 13.0. The van der Waals surface area contributed by atoms with E-state index in [1.807, 2.05) is 12.1 Å². The molecule has 0 aliphatic heterocycles. The number of rotatable bonds is 6. The van der Waals surface area contributed by atoms with Gasteiger partial charge in [0.25, 0.3) is 0 Å². The lowest BCUT2D eigenvalue weighted by Crippen LogP contribution is -2.26. The van der Waals surface area contributed by atoms with Crippen molar-refractivity contribution in [1.82, 2.24) is 5.32 Å². The lowest BCUT2D eigenvalue weighted by molar-refractivity contribution is -0.121. The zero-order valence-electron chi connectivity index (χ0n) is 10.1. The highest BCUT2D eigenvalue weighted by Gasteiger charge is 2.22. The first-order valence-electron chi connectivity index (χ1n) is 6.10. The van der Waals surface area contributed by atoms with Crippen LogP contribution in [0.5, 0.6) is 5.75 Å². The van der Waals surface area contributed by atoms with Crippen LogP contribution in [0.3, 0.4) is 0 Å². The first kappa shape index (κ1) is 13.2. The monoisotopic (exact) mass is 268 g/mol. The third kappa shape index (κ3) is 3.62. The molecule has 4 nitrogen and oxygen atoms in total. The van der Waals surface area contributed by atoms with Crippen molar-refractivity contribution in [2.45, 2.75) is 31.8 Å². The van der Waals surface area contributed by atoms with Gasteiger partial charge in [-0.05, 0) is 18.9 Å². The van der Waals surface area contributed by atoms with Crippen molar-refractivity contribution in [2.24, 2.45) is 5.73 Å². The third-order valence-electron chi connectivity index (χ3n) is 2.79. The van der Waals surface area contributed by atoms with Crippen LogP contribution in [0, 0.1) is 0 Å². The fourth-order valence-electron chi connectivity index (χ4n) is 1.65. The van der Waals surface area contributed by atoms with Gasteiger partial charge < -0.3 is 15.8 Å². The summed E-state index contributed by atoms with van der Waals surface area (Å²) in [5, 5.41) is 3.44. The van der Waals surface area contributed by atoms with Crippen LogP contribution in [-0.2, 0) is 11.3 Å². The van der Waals surface area contributed by atoms with E-state index in [2.05, 4.69) is 5.32 Å². The Kier molecular flexibility index (Phi) is 4.44. The maximum absolute atomic E-state index is 11.5. The summed E-state index contributed by atoms with van der Waals surface area (Å²) in [5.41, 5.74) is 6.46. The lowest BCUT2D eigenvalue weighted by atomic mass is 10.2. The second-order valence-electron chi connectivity index (χ2n) is 4.37. The number of ether oxygens (including phenoxy) is 1. The highest BCUT2D eigenvalue weighted by atomic mass is 35.5. The van der Waals surface area contributed by atoms with Gasteiger partial charge in [-0.3, -0.25) is 4.79 Å². The summed E-state index contributed by atoms with van der Waals surface area (Å²) < 4.78 is 5.56. The molecule has 1 saturated carbocycles. The summed E-state index contributed by atoms with van der Waals surface area (Å²) in [6, 6.07) is 5.83. The summed E-state index contributed by atoms with van der Waals surface area (Å²) in [6.45, 7) is 0.680. The van der Waals surface area contributed by atoms with E-state index in [9.17, 15) is 4.79 Å². The minimum Gasteiger partial charge on any atom is -0.491 e. The lowest BCUT2D eigenvalue weighted by Gasteiger charge is -2.11. The molecule has 1 aliphatic carbocycles. The molecule has 1 amide bonds. The second kappa shape index (κ2) is 6.07. The molecule has 0 bridgehead atoms. The van der Waals surface area contributed by atoms with Crippen LogP contribution < -0.4 is 15.8 Å². The topological polar surface area (TPSA) is 64.3 Å². The molecule has 0 saturated heterocycles. The summed E-state index contributed by atoms with van der Waals surface area (Å²) in [6.07, 6.45) is 2.52. The SMILES string of the molecule is NCc1cccc(Cl)c1OCCC(=O)NC1CC1. The highest BCUT2D eigenvalue weighted by Crippen LogP contribution is 2.28. The number of carbonyl (C=O) groups is 1. The fraction of sp³-hybridized carbons (Fsp3) is 0.462. The van der Waals surface area contributed by atoms with Gasteiger partial charge >= 0.3 is 0 Å². The number of nitrogens with two attached hydrogens (primary N) is 1. The van der Waals surface area contributed by atoms with E-state index in [0.717, 1.165) is 18.4 Å². The number of benzene rings is 1. The van der Waals surface area contributed by atoms with Crippen LogP contribution >= 0.6 is 11.6 Å². The van der Waals surface area contributed by atoms with Crippen molar-refractivity contribution >= 4 is 17.5 Å². The number of amides is 1. The molecule has 1 fully saturated rings. The standard InChI is InChI=1S/C13H17ClN2O2/c14-11-3-1-2-9(8-15)13(11)18-7-6-12(17)16-10-4-5-10/h1-3,10H,4-8,15H2,(H,16,17). The number of hydrogen-bond acceptors (Lipinski definition) is 3. The molecule has 0 radical (unpaired) electrons. The molecular formula is C13H17ClN2O2. The Hall–Kier alpha value is -1.26. The van der Waals surface area contributed by atoms with Crippen LogP contribution in [0.1, 0.15) is 24.8 Å². The predicted octanol–water partition coefficient (Wildman–Crippen LogP) is 1.85. The molecule has 0 heterocycles. The average Bonchev–Trinajstić information content (AvgIpc) is 3.15. The second-order valence-corrected chi connectivity index (χ2v) is 4.78. The van der Waals surface area contributed by atoms with Crippen molar-refractivity contribution in [3.8, 4) is 5.75 Å². The van der Waals surface area contributed by atoms with Crippen molar-refractivity contribution in [3.05, 3.63) is 28.8 Å². The minimum atomic E-state index is 0.0267. The van der Waals surface area contributed by atoms with Gasteiger partial charge in [-0.2, -0.15) is 0 Å². The number of para-hydroxylation sites is 1. The molecule has 1 aromatic carbocycles. The Morgan fingerprint density at radius 3 is 2.94 bits per heavy atom. The van der Waals surface area contributed by atoms with Crippen molar-refractivity contribution in [1.29, 1.82) is 0 Å². The molecule has 5 heteroatoms. The van der Waals surface area contributed by atoms with Gasteiger partial charge in [-0.25, -0.2) is 0 Å². The van der Waals surface area contributed by atoms with E-state index in [0.29, 0.717) is 36.4 Å². The van der Waals surface area contributed by atoms with E-state index in [1.54, 1.807) is 6.07 Å². The van der Waals surface area contributed by atoms with E-state index < -0.39 is 0 Å². The van der Waals surface area contributed by atoms with Gasteiger partial charge in [-0.15, -0.1) is 0 Å². The minimum absolute atomic E-state index is 0.0267. The number of nitrogens with one attached hydrogen (secondary N) is 1. The Labute approximate surface area is 111 Å². The Morgan fingerprint density at radius 2 is 2.28 bits per heavy atom. The Morgan fingerprint density at radius 1 is 1.50 bits per heavy atom. The van der Waals surface area contributed by atoms with Crippen LogP contribution in [0.4, 0.5) is 0 Å². The van der Waals surface area contributed by atoms with Crippen LogP contribution in [0.15, 0.2) is 18.2 Å². The normalized spacial score (nSPS) is 14.3. The van der Waals surface area contributed by atoms with Gasteiger partial charge in [0.05, 0.1) is 18.1 Å². The van der Waals surface area contributed by atoms with E-state index in [-0.39, 0.29) is 5.91 Å². The number of hydrogen-bond donors (Lipinski definition) is 2.